The number of nitrogens with one attached hydrogen (secondary N) is 2. The van der Waals surface area contributed by atoms with Gasteiger partial charge >= 0.3 is 0 Å². The van der Waals surface area contributed by atoms with Gasteiger partial charge in [0.15, 0.2) is 5.96 Å². The summed E-state index contributed by atoms with van der Waals surface area (Å²) < 4.78 is 2.07. The summed E-state index contributed by atoms with van der Waals surface area (Å²) in [6, 6.07) is 8.56. The molecule has 0 atom stereocenters. The molecular weight excluding hydrogens is 413 g/mol. The second-order valence-electron chi connectivity index (χ2n) is 5.53. The summed E-state index contributed by atoms with van der Waals surface area (Å²) in [5, 5.41) is 6.66. The lowest BCUT2D eigenvalue weighted by molar-refractivity contribution is 0.730. The Morgan fingerprint density at radius 1 is 1.21 bits per heavy atom. The summed E-state index contributed by atoms with van der Waals surface area (Å²) in [5.41, 5.74) is 2.48. The van der Waals surface area contributed by atoms with Gasteiger partial charge in [-0.2, -0.15) is 0 Å². The Morgan fingerprint density at radius 2 is 2.04 bits per heavy atom. The van der Waals surface area contributed by atoms with Crippen LogP contribution in [0.1, 0.15) is 37.8 Å². The largest absolute Gasteiger partial charge is 0.357 e. The van der Waals surface area contributed by atoms with Gasteiger partial charge in [0.25, 0.3) is 0 Å². The number of unbranched alkanes of at least 4 members (excludes halogenated alkanes) is 1. The fourth-order valence-electron chi connectivity index (χ4n) is 2.31. The predicted octanol–water partition coefficient (Wildman–Crippen LogP) is 3.40. The Morgan fingerprint density at radius 3 is 2.75 bits per heavy atom. The quantitative estimate of drug-likeness (QED) is 0.286. The van der Waals surface area contributed by atoms with Crippen molar-refractivity contribution in [1.29, 1.82) is 0 Å². The highest BCUT2D eigenvalue weighted by Crippen LogP contribution is 2.08. The maximum atomic E-state index is 4.67. The molecule has 0 amide bonds. The van der Waals surface area contributed by atoms with E-state index >= 15 is 0 Å². The summed E-state index contributed by atoms with van der Waals surface area (Å²) in [6.45, 7) is 7.63. The molecule has 0 radical (unpaired) electrons. The molecule has 1 aromatic heterocycles. The maximum absolute atomic E-state index is 4.67. The molecular formula is C18H28IN5. The molecule has 0 unspecified atom stereocenters. The minimum absolute atomic E-state index is 0. The molecule has 6 heteroatoms. The number of aromatic nitrogens is 2. The first-order valence-corrected chi connectivity index (χ1v) is 8.37. The van der Waals surface area contributed by atoms with Crippen molar-refractivity contribution >= 4 is 29.9 Å². The van der Waals surface area contributed by atoms with Gasteiger partial charge in [0.2, 0.25) is 0 Å². The van der Waals surface area contributed by atoms with E-state index in [1.807, 2.05) is 12.5 Å². The topological polar surface area (TPSA) is 54.2 Å². The second-order valence-corrected chi connectivity index (χ2v) is 5.53. The monoisotopic (exact) mass is 441 g/mol. The molecule has 1 heterocycles. The molecule has 132 valence electrons. The zero-order valence-corrected chi connectivity index (χ0v) is 16.9. The summed E-state index contributed by atoms with van der Waals surface area (Å²) in [4.78, 5) is 8.75. The van der Waals surface area contributed by atoms with Gasteiger partial charge in [0, 0.05) is 32.0 Å². The van der Waals surface area contributed by atoms with Crippen LogP contribution in [0.5, 0.6) is 0 Å². The zero-order chi connectivity index (χ0) is 16.3. The summed E-state index contributed by atoms with van der Waals surface area (Å²) in [7, 11) is 0. The van der Waals surface area contributed by atoms with Crippen LogP contribution in [0, 0.1) is 0 Å². The molecule has 0 bridgehead atoms. The Balaban J connectivity index is 0.00000288. The normalized spacial score (nSPS) is 11.0. The second kappa shape index (κ2) is 11.9. The molecule has 0 saturated carbocycles. The first-order chi connectivity index (χ1) is 11.3. The van der Waals surface area contributed by atoms with E-state index in [0.29, 0.717) is 6.54 Å². The van der Waals surface area contributed by atoms with Crippen LogP contribution < -0.4 is 10.6 Å². The SMILES string of the molecule is CCCCNC(=NCc1cccc(Cn2ccnc2)c1)NCC.I. The van der Waals surface area contributed by atoms with Crippen molar-refractivity contribution in [3.05, 3.63) is 54.1 Å². The molecule has 2 rings (SSSR count). The molecule has 0 aliphatic carbocycles. The van der Waals surface area contributed by atoms with Gasteiger partial charge in [-0.05, 0) is 24.5 Å². The number of guanidine groups is 1. The van der Waals surface area contributed by atoms with Crippen molar-refractivity contribution in [2.24, 2.45) is 4.99 Å². The van der Waals surface area contributed by atoms with E-state index in [2.05, 4.69) is 63.3 Å². The number of benzene rings is 1. The highest BCUT2D eigenvalue weighted by Gasteiger charge is 1.99. The fourth-order valence-corrected chi connectivity index (χ4v) is 2.31. The third kappa shape index (κ3) is 7.33. The summed E-state index contributed by atoms with van der Waals surface area (Å²) in [6.07, 6.45) is 7.96. The molecule has 2 aromatic rings. The Labute approximate surface area is 162 Å². The van der Waals surface area contributed by atoms with Crippen molar-refractivity contribution in [1.82, 2.24) is 20.2 Å². The standard InChI is InChI=1S/C18H27N5.HI/c1-3-5-9-21-18(20-4-2)22-13-16-7-6-8-17(12-16)14-23-11-10-19-15-23;/h6-8,10-12,15H,3-5,9,13-14H2,1-2H3,(H2,20,21,22);1H. The molecule has 1 aromatic carbocycles. The van der Waals surface area contributed by atoms with Gasteiger partial charge in [-0.15, -0.1) is 24.0 Å². The van der Waals surface area contributed by atoms with Gasteiger partial charge in [-0.25, -0.2) is 9.98 Å². The Kier molecular flexibility index (Phi) is 10.1. The predicted molar refractivity (Wildman–Crippen MR) is 111 cm³/mol. The van der Waals surface area contributed by atoms with Crippen molar-refractivity contribution in [2.75, 3.05) is 13.1 Å². The molecule has 0 aliphatic heterocycles. The molecule has 0 spiro atoms. The number of imidazole rings is 1. The van der Waals surface area contributed by atoms with Crippen LogP contribution in [0.2, 0.25) is 0 Å². The average Bonchev–Trinajstić information content (AvgIpc) is 3.06. The van der Waals surface area contributed by atoms with E-state index in [1.54, 1.807) is 6.20 Å². The van der Waals surface area contributed by atoms with Gasteiger partial charge in [-0.3, -0.25) is 0 Å². The van der Waals surface area contributed by atoms with Gasteiger partial charge in [0.05, 0.1) is 12.9 Å². The maximum Gasteiger partial charge on any atom is 0.191 e. The number of aliphatic imine (C=N–C) groups is 1. The third-order valence-corrected chi connectivity index (χ3v) is 3.50. The average molecular weight is 441 g/mol. The van der Waals surface area contributed by atoms with Crippen LogP contribution >= 0.6 is 24.0 Å². The molecule has 24 heavy (non-hydrogen) atoms. The molecule has 5 nitrogen and oxygen atoms in total. The van der Waals surface area contributed by atoms with Gasteiger partial charge < -0.3 is 15.2 Å². The van der Waals surface area contributed by atoms with Crippen LogP contribution in [0.15, 0.2) is 48.0 Å². The first-order valence-electron chi connectivity index (χ1n) is 8.37. The molecule has 0 fully saturated rings. The third-order valence-electron chi connectivity index (χ3n) is 3.50. The number of hydrogen-bond acceptors (Lipinski definition) is 2. The first kappa shape index (κ1) is 20.5. The van der Waals surface area contributed by atoms with Crippen LogP contribution in [0.4, 0.5) is 0 Å². The minimum atomic E-state index is 0. The van der Waals surface area contributed by atoms with Crippen molar-refractivity contribution in [2.45, 2.75) is 39.8 Å². The number of nitrogens with zero attached hydrogens (tertiary/aromatic N) is 3. The highest BCUT2D eigenvalue weighted by atomic mass is 127. The van der Waals surface area contributed by atoms with Gasteiger partial charge in [-0.1, -0.05) is 37.6 Å². The smallest absolute Gasteiger partial charge is 0.191 e. The lowest BCUT2D eigenvalue weighted by Gasteiger charge is -2.11. The lowest BCUT2D eigenvalue weighted by Crippen LogP contribution is -2.37. The van der Waals surface area contributed by atoms with Crippen LogP contribution in [0.3, 0.4) is 0 Å². The van der Waals surface area contributed by atoms with E-state index in [-0.39, 0.29) is 24.0 Å². The highest BCUT2D eigenvalue weighted by molar-refractivity contribution is 14.0. The molecule has 0 aliphatic rings. The minimum Gasteiger partial charge on any atom is -0.357 e. The van der Waals surface area contributed by atoms with E-state index in [9.17, 15) is 0 Å². The molecule has 0 saturated heterocycles. The van der Waals surface area contributed by atoms with Gasteiger partial charge in [0.1, 0.15) is 0 Å². The summed E-state index contributed by atoms with van der Waals surface area (Å²) >= 11 is 0. The van der Waals surface area contributed by atoms with E-state index < -0.39 is 0 Å². The van der Waals surface area contributed by atoms with Crippen LogP contribution in [-0.4, -0.2) is 28.6 Å². The Bertz CT molecular complexity index is 595. The van der Waals surface area contributed by atoms with E-state index in [4.69, 9.17) is 0 Å². The number of halogens is 1. The van der Waals surface area contributed by atoms with Crippen LogP contribution in [0.25, 0.3) is 0 Å². The van der Waals surface area contributed by atoms with Crippen molar-refractivity contribution < 1.29 is 0 Å². The fraction of sp³-hybridized carbons (Fsp3) is 0.444. The van der Waals surface area contributed by atoms with Crippen molar-refractivity contribution in [3.63, 3.8) is 0 Å². The van der Waals surface area contributed by atoms with Crippen LogP contribution in [-0.2, 0) is 13.1 Å². The van der Waals surface area contributed by atoms with Crippen molar-refractivity contribution in [3.8, 4) is 0 Å². The number of hydrogen-bond donors (Lipinski definition) is 2. The lowest BCUT2D eigenvalue weighted by atomic mass is 10.1. The van der Waals surface area contributed by atoms with E-state index in [0.717, 1.165) is 32.0 Å². The number of rotatable bonds is 8. The zero-order valence-electron chi connectivity index (χ0n) is 14.5. The molecule has 2 N–H and O–H groups in total. The summed E-state index contributed by atoms with van der Waals surface area (Å²) in [5.74, 6) is 0.890. The van der Waals surface area contributed by atoms with E-state index in [1.165, 1.54) is 17.5 Å². The Hall–Kier alpha value is -1.57.